The van der Waals surface area contributed by atoms with E-state index in [4.69, 9.17) is 0 Å². The first kappa shape index (κ1) is 11.9. The number of aliphatic hydroxyl groups is 1. The van der Waals surface area contributed by atoms with Crippen molar-refractivity contribution >= 4 is 11.8 Å². The molecule has 1 aliphatic carbocycles. The zero-order valence-electron chi connectivity index (χ0n) is 8.83. The minimum Gasteiger partial charge on any atom is -0.395 e. The van der Waals surface area contributed by atoms with E-state index in [0.717, 1.165) is 24.8 Å². The lowest BCUT2D eigenvalue weighted by atomic mass is 9.65. The normalized spacial score (nSPS) is 18.5. The maximum absolute atomic E-state index is 12.1. The van der Waals surface area contributed by atoms with Gasteiger partial charge in [-0.1, -0.05) is 30.3 Å². The lowest BCUT2D eigenvalue weighted by molar-refractivity contribution is 0.120. The summed E-state index contributed by atoms with van der Waals surface area (Å²) in [5.41, 5.74) is 0.966. The molecule has 0 amide bonds. The summed E-state index contributed by atoms with van der Waals surface area (Å²) in [6.45, 7) is 0.147. The van der Waals surface area contributed by atoms with Crippen LogP contribution < -0.4 is 0 Å². The largest absolute Gasteiger partial charge is 0.395 e. The smallest absolute Gasteiger partial charge is 0.288 e. The molecule has 1 N–H and O–H groups in total. The number of alkyl halides is 2. The van der Waals surface area contributed by atoms with E-state index in [1.807, 2.05) is 12.1 Å². The quantitative estimate of drug-likeness (QED) is 0.819. The van der Waals surface area contributed by atoms with Crippen LogP contribution in [-0.4, -0.2) is 17.5 Å². The Morgan fingerprint density at radius 1 is 1.25 bits per heavy atom. The van der Waals surface area contributed by atoms with Gasteiger partial charge in [0.05, 0.1) is 6.61 Å². The maximum Gasteiger partial charge on any atom is 0.288 e. The molecule has 1 saturated carbocycles. The molecule has 1 fully saturated rings. The predicted octanol–water partition coefficient (Wildman–Crippen LogP) is 3.42. The van der Waals surface area contributed by atoms with Crippen LogP contribution in [0.15, 0.2) is 29.2 Å². The van der Waals surface area contributed by atoms with Crippen LogP contribution in [0.5, 0.6) is 0 Å². The molecule has 0 radical (unpaired) electrons. The van der Waals surface area contributed by atoms with Crippen LogP contribution in [0.1, 0.15) is 24.8 Å². The zero-order chi connectivity index (χ0) is 11.6. The molecule has 1 aromatic rings. The Labute approximate surface area is 97.9 Å². The summed E-state index contributed by atoms with van der Waals surface area (Å²) in [7, 11) is 0. The molecule has 0 spiro atoms. The van der Waals surface area contributed by atoms with Crippen molar-refractivity contribution in [3.05, 3.63) is 29.8 Å². The van der Waals surface area contributed by atoms with Gasteiger partial charge in [-0.05, 0) is 30.5 Å². The van der Waals surface area contributed by atoms with Gasteiger partial charge in [0.15, 0.2) is 0 Å². The molecule has 0 aliphatic heterocycles. The van der Waals surface area contributed by atoms with E-state index >= 15 is 0 Å². The summed E-state index contributed by atoms with van der Waals surface area (Å²) in [5, 5.41) is 9.38. The number of hydrogen-bond donors (Lipinski definition) is 1. The first-order valence-electron chi connectivity index (χ1n) is 5.32. The summed E-state index contributed by atoms with van der Waals surface area (Å²) >= 11 is 0.555. The summed E-state index contributed by atoms with van der Waals surface area (Å²) in [6.07, 6.45) is 3.11. The molecule has 16 heavy (non-hydrogen) atoms. The highest BCUT2D eigenvalue weighted by Gasteiger charge is 2.37. The number of benzene rings is 1. The van der Waals surface area contributed by atoms with Crippen molar-refractivity contribution in [2.24, 2.45) is 0 Å². The van der Waals surface area contributed by atoms with Crippen LogP contribution in [0.25, 0.3) is 0 Å². The van der Waals surface area contributed by atoms with E-state index in [1.54, 1.807) is 12.1 Å². The molecule has 2 rings (SSSR count). The van der Waals surface area contributed by atoms with Crippen LogP contribution in [-0.2, 0) is 5.41 Å². The summed E-state index contributed by atoms with van der Waals surface area (Å²) in [4.78, 5) is 0.575. The first-order chi connectivity index (χ1) is 7.66. The average molecular weight is 244 g/mol. The molecule has 0 saturated heterocycles. The standard InChI is InChI=1S/C12H14F2OS/c13-11(14)16-10-4-2-9(3-5-10)12(8-15)6-1-7-12/h2-5,11,15H,1,6-8H2. The highest BCUT2D eigenvalue weighted by Crippen LogP contribution is 2.43. The molecule has 0 bridgehead atoms. The Balaban J connectivity index is 2.12. The SMILES string of the molecule is OCC1(c2ccc(SC(F)F)cc2)CCC1. The van der Waals surface area contributed by atoms with Crippen molar-refractivity contribution in [1.82, 2.24) is 0 Å². The van der Waals surface area contributed by atoms with Crippen LogP contribution >= 0.6 is 11.8 Å². The molecule has 1 aliphatic rings. The van der Waals surface area contributed by atoms with E-state index in [1.165, 1.54) is 0 Å². The number of thioether (sulfide) groups is 1. The minimum absolute atomic E-state index is 0.103. The zero-order valence-corrected chi connectivity index (χ0v) is 9.64. The van der Waals surface area contributed by atoms with Crippen LogP contribution in [0, 0.1) is 0 Å². The molecule has 88 valence electrons. The van der Waals surface area contributed by atoms with Crippen molar-refractivity contribution in [3.8, 4) is 0 Å². The lowest BCUT2D eigenvalue weighted by Crippen LogP contribution is -2.37. The molecular formula is C12H14F2OS. The fourth-order valence-corrected chi connectivity index (χ4v) is 2.63. The lowest BCUT2D eigenvalue weighted by Gasteiger charge is -2.40. The van der Waals surface area contributed by atoms with Crippen LogP contribution in [0.3, 0.4) is 0 Å². The average Bonchev–Trinajstić information content (AvgIpc) is 2.19. The van der Waals surface area contributed by atoms with E-state index in [9.17, 15) is 13.9 Å². The first-order valence-corrected chi connectivity index (χ1v) is 6.20. The Morgan fingerprint density at radius 3 is 2.25 bits per heavy atom. The summed E-state index contributed by atoms with van der Waals surface area (Å²) in [6, 6.07) is 7.14. The predicted molar refractivity (Wildman–Crippen MR) is 60.9 cm³/mol. The van der Waals surface area contributed by atoms with Gasteiger partial charge in [-0.25, -0.2) is 0 Å². The summed E-state index contributed by atoms with van der Waals surface area (Å²) in [5.74, 6) is -2.37. The molecule has 0 atom stereocenters. The van der Waals surface area contributed by atoms with Gasteiger partial charge in [-0.2, -0.15) is 8.78 Å². The highest BCUT2D eigenvalue weighted by molar-refractivity contribution is 7.99. The Bertz CT molecular complexity index is 341. The fourth-order valence-electron chi connectivity index (χ4n) is 2.13. The molecule has 1 aromatic carbocycles. The van der Waals surface area contributed by atoms with Crippen molar-refractivity contribution in [2.75, 3.05) is 6.61 Å². The second-order valence-electron chi connectivity index (χ2n) is 4.19. The van der Waals surface area contributed by atoms with Gasteiger partial charge >= 0.3 is 0 Å². The van der Waals surface area contributed by atoms with E-state index in [-0.39, 0.29) is 12.0 Å². The topological polar surface area (TPSA) is 20.2 Å². The minimum atomic E-state index is -2.37. The van der Waals surface area contributed by atoms with Crippen molar-refractivity contribution in [2.45, 2.75) is 35.3 Å². The Morgan fingerprint density at radius 2 is 1.88 bits per heavy atom. The molecule has 0 heterocycles. The Kier molecular flexibility index (Phi) is 3.50. The third kappa shape index (κ3) is 2.23. The van der Waals surface area contributed by atoms with Crippen molar-refractivity contribution < 1.29 is 13.9 Å². The molecule has 4 heteroatoms. The van der Waals surface area contributed by atoms with Gasteiger partial charge < -0.3 is 5.11 Å². The number of aliphatic hydroxyl groups excluding tert-OH is 1. The number of rotatable bonds is 4. The Hall–Kier alpha value is -0.610. The third-order valence-corrected chi connectivity index (χ3v) is 4.03. The van der Waals surface area contributed by atoms with Crippen molar-refractivity contribution in [1.29, 1.82) is 0 Å². The fraction of sp³-hybridized carbons (Fsp3) is 0.500. The van der Waals surface area contributed by atoms with Gasteiger partial charge in [0.1, 0.15) is 0 Å². The monoisotopic (exact) mass is 244 g/mol. The van der Waals surface area contributed by atoms with E-state index in [0.29, 0.717) is 16.7 Å². The summed E-state index contributed by atoms with van der Waals surface area (Å²) < 4.78 is 24.2. The van der Waals surface area contributed by atoms with Gasteiger partial charge in [-0.15, -0.1) is 0 Å². The second-order valence-corrected chi connectivity index (χ2v) is 5.26. The van der Waals surface area contributed by atoms with Gasteiger partial charge in [0.25, 0.3) is 5.76 Å². The van der Waals surface area contributed by atoms with Gasteiger partial charge in [0.2, 0.25) is 0 Å². The van der Waals surface area contributed by atoms with E-state index in [2.05, 4.69) is 0 Å². The van der Waals surface area contributed by atoms with Crippen molar-refractivity contribution in [3.63, 3.8) is 0 Å². The van der Waals surface area contributed by atoms with Crippen LogP contribution in [0.4, 0.5) is 8.78 Å². The maximum atomic E-state index is 12.1. The van der Waals surface area contributed by atoms with Gasteiger partial charge in [-0.3, -0.25) is 0 Å². The second kappa shape index (κ2) is 4.72. The van der Waals surface area contributed by atoms with Gasteiger partial charge in [0, 0.05) is 10.3 Å². The van der Waals surface area contributed by atoms with E-state index < -0.39 is 5.76 Å². The molecule has 0 unspecified atom stereocenters. The van der Waals surface area contributed by atoms with Crippen LogP contribution in [0.2, 0.25) is 0 Å². The number of hydrogen-bond acceptors (Lipinski definition) is 2. The number of halogens is 2. The molecule has 1 nitrogen and oxygen atoms in total. The molecular weight excluding hydrogens is 230 g/mol. The third-order valence-electron chi connectivity index (χ3n) is 3.31. The molecule has 0 aromatic heterocycles. The highest BCUT2D eigenvalue weighted by atomic mass is 32.2.